The Balaban J connectivity index is 2.84. The number of hydrogen-bond acceptors (Lipinski definition) is 1. The summed E-state index contributed by atoms with van der Waals surface area (Å²) in [6, 6.07) is 6.02. The van der Waals surface area contributed by atoms with Gasteiger partial charge in [-0.1, -0.05) is 22.0 Å². The first-order valence-corrected chi connectivity index (χ1v) is 4.69. The zero-order valence-electron chi connectivity index (χ0n) is 7.42. The second-order valence-corrected chi connectivity index (χ2v) is 3.73. The van der Waals surface area contributed by atoms with Crippen LogP contribution in [0.4, 0.5) is 0 Å². The zero-order chi connectivity index (χ0) is 9.84. The average molecular weight is 242 g/mol. The molecule has 0 fully saturated rings. The van der Waals surface area contributed by atoms with Crippen LogP contribution in [0, 0.1) is 6.92 Å². The molecule has 0 radical (unpaired) electrons. The number of benzene rings is 1. The van der Waals surface area contributed by atoms with Crippen LogP contribution in [-0.2, 0) is 6.54 Å². The lowest BCUT2D eigenvalue weighted by atomic mass is 10.1. The van der Waals surface area contributed by atoms with Crippen molar-refractivity contribution >= 4 is 21.9 Å². The minimum atomic E-state index is 0.127. The third-order valence-electron chi connectivity index (χ3n) is 1.74. The van der Waals surface area contributed by atoms with Gasteiger partial charge < -0.3 is 11.5 Å². The van der Waals surface area contributed by atoms with E-state index in [4.69, 9.17) is 11.5 Å². The Morgan fingerprint density at radius 2 is 2.15 bits per heavy atom. The van der Waals surface area contributed by atoms with Gasteiger partial charge in [-0.25, -0.2) is 4.99 Å². The second kappa shape index (κ2) is 4.28. The van der Waals surface area contributed by atoms with Crippen molar-refractivity contribution in [2.75, 3.05) is 0 Å². The molecule has 0 bridgehead atoms. The summed E-state index contributed by atoms with van der Waals surface area (Å²) in [6.45, 7) is 2.57. The van der Waals surface area contributed by atoms with E-state index in [0.29, 0.717) is 6.54 Å². The third kappa shape index (κ3) is 3.06. The van der Waals surface area contributed by atoms with E-state index in [-0.39, 0.29) is 5.96 Å². The van der Waals surface area contributed by atoms with Crippen LogP contribution in [-0.4, -0.2) is 5.96 Å². The van der Waals surface area contributed by atoms with Gasteiger partial charge in [0.15, 0.2) is 5.96 Å². The van der Waals surface area contributed by atoms with Crippen molar-refractivity contribution in [2.24, 2.45) is 16.5 Å². The molecule has 0 aromatic heterocycles. The van der Waals surface area contributed by atoms with Crippen molar-refractivity contribution in [3.05, 3.63) is 33.8 Å². The number of aryl methyl sites for hydroxylation is 1. The zero-order valence-corrected chi connectivity index (χ0v) is 9.01. The quantitative estimate of drug-likeness (QED) is 0.610. The van der Waals surface area contributed by atoms with Gasteiger partial charge in [-0.2, -0.15) is 0 Å². The SMILES string of the molecule is Cc1cc(Br)ccc1CN=C(N)N. The molecule has 1 aromatic rings. The highest BCUT2D eigenvalue weighted by Crippen LogP contribution is 2.16. The highest BCUT2D eigenvalue weighted by molar-refractivity contribution is 9.10. The van der Waals surface area contributed by atoms with Gasteiger partial charge in [0.1, 0.15) is 0 Å². The predicted octanol–water partition coefficient (Wildman–Crippen LogP) is 1.53. The monoisotopic (exact) mass is 241 g/mol. The molecule has 4 heteroatoms. The molecule has 0 saturated carbocycles. The Labute approximate surface area is 86.0 Å². The van der Waals surface area contributed by atoms with Crippen molar-refractivity contribution in [2.45, 2.75) is 13.5 Å². The lowest BCUT2D eigenvalue weighted by Crippen LogP contribution is -2.22. The van der Waals surface area contributed by atoms with E-state index >= 15 is 0 Å². The topological polar surface area (TPSA) is 64.4 Å². The lowest BCUT2D eigenvalue weighted by molar-refractivity contribution is 1.03. The Morgan fingerprint density at radius 1 is 1.46 bits per heavy atom. The van der Waals surface area contributed by atoms with Gasteiger partial charge in [0.2, 0.25) is 0 Å². The molecule has 13 heavy (non-hydrogen) atoms. The Kier molecular flexibility index (Phi) is 3.31. The van der Waals surface area contributed by atoms with Gasteiger partial charge in [-0.3, -0.25) is 0 Å². The molecule has 0 saturated heterocycles. The summed E-state index contributed by atoms with van der Waals surface area (Å²) in [5.41, 5.74) is 12.8. The van der Waals surface area contributed by atoms with Crippen molar-refractivity contribution in [1.29, 1.82) is 0 Å². The molecule has 0 heterocycles. The summed E-state index contributed by atoms with van der Waals surface area (Å²) in [6.07, 6.45) is 0. The van der Waals surface area contributed by atoms with Gasteiger partial charge in [0.05, 0.1) is 6.54 Å². The number of aliphatic imine (C=N–C) groups is 1. The molecule has 70 valence electrons. The van der Waals surface area contributed by atoms with E-state index < -0.39 is 0 Å². The van der Waals surface area contributed by atoms with Crippen molar-refractivity contribution in [3.8, 4) is 0 Å². The molecule has 0 spiro atoms. The first kappa shape index (κ1) is 10.1. The minimum absolute atomic E-state index is 0.127. The first-order valence-electron chi connectivity index (χ1n) is 3.90. The summed E-state index contributed by atoms with van der Waals surface area (Å²) < 4.78 is 1.07. The fraction of sp³-hybridized carbons (Fsp3) is 0.222. The molecule has 0 aliphatic heterocycles. The van der Waals surface area contributed by atoms with Gasteiger partial charge in [0, 0.05) is 4.47 Å². The van der Waals surface area contributed by atoms with E-state index in [9.17, 15) is 0 Å². The number of guanidine groups is 1. The van der Waals surface area contributed by atoms with Gasteiger partial charge >= 0.3 is 0 Å². The van der Waals surface area contributed by atoms with Gasteiger partial charge in [-0.15, -0.1) is 0 Å². The summed E-state index contributed by atoms with van der Waals surface area (Å²) in [7, 11) is 0. The molecule has 3 nitrogen and oxygen atoms in total. The number of halogens is 1. The van der Waals surface area contributed by atoms with Crippen LogP contribution in [0.15, 0.2) is 27.7 Å². The summed E-state index contributed by atoms with van der Waals surface area (Å²) in [5.74, 6) is 0.127. The van der Waals surface area contributed by atoms with Crippen molar-refractivity contribution in [1.82, 2.24) is 0 Å². The minimum Gasteiger partial charge on any atom is -0.370 e. The number of hydrogen-bond donors (Lipinski definition) is 2. The van der Waals surface area contributed by atoms with Gasteiger partial charge in [-0.05, 0) is 30.2 Å². The largest absolute Gasteiger partial charge is 0.370 e. The van der Waals surface area contributed by atoms with Crippen molar-refractivity contribution in [3.63, 3.8) is 0 Å². The maximum atomic E-state index is 5.24. The van der Waals surface area contributed by atoms with Crippen molar-refractivity contribution < 1.29 is 0 Å². The Morgan fingerprint density at radius 3 is 2.69 bits per heavy atom. The maximum Gasteiger partial charge on any atom is 0.186 e. The molecule has 0 unspecified atom stereocenters. The van der Waals surface area contributed by atoms with Gasteiger partial charge in [0.25, 0.3) is 0 Å². The molecule has 0 aliphatic rings. The molecular weight excluding hydrogens is 230 g/mol. The molecule has 0 atom stereocenters. The highest BCUT2D eigenvalue weighted by atomic mass is 79.9. The van der Waals surface area contributed by atoms with E-state index in [1.54, 1.807) is 0 Å². The van der Waals surface area contributed by atoms with E-state index in [1.807, 2.05) is 25.1 Å². The van der Waals surface area contributed by atoms with Crippen LogP contribution < -0.4 is 11.5 Å². The van der Waals surface area contributed by atoms with E-state index in [2.05, 4.69) is 20.9 Å². The molecule has 4 N–H and O–H groups in total. The van der Waals surface area contributed by atoms with Crippen LogP contribution >= 0.6 is 15.9 Å². The first-order chi connectivity index (χ1) is 6.09. The van der Waals surface area contributed by atoms with Crippen LogP contribution in [0.1, 0.15) is 11.1 Å². The Hall–Kier alpha value is -1.03. The molecule has 0 aliphatic carbocycles. The van der Waals surface area contributed by atoms with E-state index in [0.717, 1.165) is 10.0 Å². The molecular formula is C9H12BrN3. The highest BCUT2D eigenvalue weighted by Gasteiger charge is 1.97. The average Bonchev–Trinajstić information content (AvgIpc) is 2.02. The fourth-order valence-electron chi connectivity index (χ4n) is 1.01. The summed E-state index contributed by atoms with van der Waals surface area (Å²) in [5, 5.41) is 0. The van der Waals surface area contributed by atoms with Crippen LogP contribution in [0.2, 0.25) is 0 Å². The summed E-state index contributed by atoms with van der Waals surface area (Å²) >= 11 is 3.39. The third-order valence-corrected chi connectivity index (χ3v) is 2.23. The van der Waals surface area contributed by atoms with Crippen LogP contribution in [0.3, 0.4) is 0 Å². The molecule has 0 amide bonds. The lowest BCUT2D eigenvalue weighted by Gasteiger charge is -2.02. The van der Waals surface area contributed by atoms with Crippen LogP contribution in [0.25, 0.3) is 0 Å². The molecule has 1 aromatic carbocycles. The fourth-order valence-corrected chi connectivity index (χ4v) is 1.49. The number of nitrogens with two attached hydrogens (primary N) is 2. The van der Waals surface area contributed by atoms with E-state index in [1.165, 1.54) is 5.56 Å². The number of rotatable bonds is 2. The second-order valence-electron chi connectivity index (χ2n) is 2.81. The standard InChI is InChI=1S/C9H12BrN3/c1-6-4-8(10)3-2-7(6)5-13-9(11)12/h2-4H,5H2,1H3,(H4,11,12,13). The Bertz CT molecular complexity index is 330. The van der Waals surface area contributed by atoms with Crippen LogP contribution in [0.5, 0.6) is 0 Å². The normalized spacial score (nSPS) is 9.69. The maximum absolute atomic E-state index is 5.24. The number of nitrogens with zero attached hydrogens (tertiary/aromatic N) is 1. The predicted molar refractivity (Wildman–Crippen MR) is 58.4 cm³/mol. The summed E-state index contributed by atoms with van der Waals surface area (Å²) in [4.78, 5) is 3.94. The smallest absolute Gasteiger partial charge is 0.186 e. The molecule has 1 rings (SSSR count).